The summed E-state index contributed by atoms with van der Waals surface area (Å²) in [5, 5.41) is 11.7. The number of anilines is 2. The second-order valence-corrected chi connectivity index (χ2v) is 7.28. The molecule has 0 aliphatic rings. The molecule has 0 saturated carbocycles. The summed E-state index contributed by atoms with van der Waals surface area (Å²) in [6.07, 6.45) is 3.28. The molecule has 2 aromatic heterocycles. The van der Waals surface area contributed by atoms with Crippen LogP contribution in [0, 0.1) is 6.92 Å². The number of rotatable bonds is 6. The van der Waals surface area contributed by atoms with E-state index in [4.69, 9.17) is 0 Å². The summed E-state index contributed by atoms with van der Waals surface area (Å²) in [5.74, 6) is 0.433. The Morgan fingerprint density at radius 3 is 2.43 bits per heavy atom. The molecule has 0 atom stereocenters. The summed E-state index contributed by atoms with van der Waals surface area (Å²) in [6, 6.07) is 19.8. The molecule has 0 saturated heterocycles. The minimum Gasteiger partial charge on any atom is -0.378 e. The molecule has 1 N–H and O–H groups in total. The smallest absolute Gasteiger partial charge is 0.260 e. The average molecular weight is 400 g/mol. The van der Waals surface area contributed by atoms with Gasteiger partial charge in [0.25, 0.3) is 5.91 Å². The number of nitrogens with zero attached hydrogens (tertiary/aromatic N) is 5. The van der Waals surface area contributed by atoms with Gasteiger partial charge in [-0.1, -0.05) is 30.3 Å². The maximum Gasteiger partial charge on any atom is 0.260 e. The van der Waals surface area contributed by atoms with E-state index in [9.17, 15) is 4.79 Å². The Hall–Kier alpha value is -3.87. The van der Waals surface area contributed by atoms with Gasteiger partial charge in [-0.2, -0.15) is 10.2 Å². The van der Waals surface area contributed by atoms with Gasteiger partial charge < -0.3 is 10.2 Å². The van der Waals surface area contributed by atoms with E-state index in [0.717, 1.165) is 22.6 Å². The Bertz CT molecular complexity index is 1140. The molecule has 30 heavy (non-hydrogen) atoms. The van der Waals surface area contributed by atoms with Crippen LogP contribution in [0.3, 0.4) is 0 Å². The molecule has 4 rings (SSSR count). The first-order chi connectivity index (χ1) is 14.5. The number of hydrogen-bond donors (Lipinski definition) is 1. The van der Waals surface area contributed by atoms with Crippen LogP contribution >= 0.6 is 0 Å². The van der Waals surface area contributed by atoms with Crippen LogP contribution in [-0.2, 0) is 6.54 Å². The summed E-state index contributed by atoms with van der Waals surface area (Å²) < 4.78 is 3.54. The fraction of sp³-hybridized carbons (Fsp3) is 0.174. The number of amides is 1. The van der Waals surface area contributed by atoms with Crippen LogP contribution in [-0.4, -0.2) is 39.6 Å². The fourth-order valence-electron chi connectivity index (χ4n) is 3.28. The minimum absolute atomic E-state index is 0.209. The highest BCUT2D eigenvalue weighted by atomic mass is 16.1. The number of carbonyl (C=O) groups is 1. The number of benzene rings is 2. The fourth-order valence-corrected chi connectivity index (χ4v) is 3.28. The normalized spacial score (nSPS) is 10.8. The summed E-state index contributed by atoms with van der Waals surface area (Å²) in [6.45, 7) is 2.46. The van der Waals surface area contributed by atoms with Gasteiger partial charge in [-0.15, -0.1) is 0 Å². The quantitative estimate of drug-likeness (QED) is 0.535. The second kappa shape index (κ2) is 8.24. The Morgan fingerprint density at radius 1 is 1.00 bits per heavy atom. The molecular weight excluding hydrogens is 376 g/mol. The molecule has 0 aliphatic heterocycles. The van der Waals surface area contributed by atoms with Gasteiger partial charge in [-0.05, 0) is 36.8 Å². The number of carbonyl (C=O) groups excluding carboxylic acids is 1. The van der Waals surface area contributed by atoms with Crippen molar-refractivity contribution in [3.8, 4) is 5.69 Å². The molecule has 152 valence electrons. The zero-order valence-corrected chi connectivity index (χ0v) is 17.3. The van der Waals surface area contributed by atoms with Gasteiger partial charge in [0.2, 0.25) is 0 Å². The van der Waals surface area contributed by atoms with Crippen molar-refractivity contribution in [1.29, 1.82) is 0 Å². The molecule has 0 radical (unpaired) electrons. The molecule has 0 aliphatic carbocycles. The maximum atomic E-state index is 12.9. The third kappa shape index (κ3) is 3.96. The topological polar surface area (TPSA) is 68.0 Å². The number of para-hydroxylation sites is 1. The number of aromatic nitrogens is 4. The van der Waals surface area contributed by atoms with Crippen LogP contribution in [0.2, 0.25) is 0 Å². The molecule has 4 aromatic rings. The summed E-state index contributed by atoms with van der Waals surface area (Å²) >= 11 is 0. The van der Waals surface area contributed by atoms with Crippen molar-refractivity contribution in [2.45, 2.75) is 13.5 Å². The van der Waals surface area contributed by atoms with Gasteiger partial charge in [0, 0.05) is 25.8 Å². The molecule has 2 heterocycles. The molecule has 1 amide bonds. The van der Waals surface area contributed by atoms with Crippen molar-refractivity contribution >= 4 is 17.4 Å². The summed E-state index contributed by atoms with van der Waals surface area (Å²) in [5.41, 5.74) is 4.47. The molecule has 0 bridgehead atoms. The monoisotopic (exact) mass is 400 g/mol. The predicted octanol–water partition coefficient (Wildman–Crippen LogP) is 3.74. The van der Waals surface area contributed by atoms with Gasteiger partial charge in [-0.25, -0.2) is 9.36 Å². The highest BCUT2D eigenvalue weighted by Gasteiger charge is 2.17. The number of hydrogen-bond acceptors (Lipinski definition) is 4. The molecular formula is C23H24N6O. The largest absolute Gasteiger partial charge is 0.378 e. The van der Waals surface area contributed by atoms with Crippen molar-refractivity contribution in [2.24, 2.45) is 0 Å². The van der Waals surface area contributed by atoms with Crippen LogP contribution in [0.15, 0.2) is 73.1 Å². The van der Waals surface area contributed by atoms with Crippen molar-refractivity contribution in [3.05, 3.63) is 89.9 Å². The molecule has 0 unspecified atom stereocenters. The van der Waals surface area contributed by atoms with E-state index in [-0.39, 0.29) is 5.91 Å². The highest BCUT2D eigenvalue weighted by Crippen LogP contribution is 2.18. The van der Waals surface area contributed by atoms with E-state index in [0.29, 0.717) is 17.9 Å². The first-order valence-electron chi connectivity index (χ1n) is 9.72. The van der Waals surface area contributed by atoms with E-state index in [2.05, 4.69) is 44.7 Å². The standard InChI is InChI=1S/C23H24N6O/c1-17-21(15-25-29(17)20-7-5-4-6-8-20)23(30)26-22-13-14-24-28(22)16-18-9-11-19(12-10-18)27(2)3/h4-15H,16H2,1-3H3,(H,26,30). The van der Waals surface area contributed by atoms with Crippen LogP contribution in [0.25, 0.3) is 5.69 Å². The van der Waals surface area contributed by atoms with Gasteiger partial charge in [-0.3, -0.25) is 4.79 Å². The van der Waals surface area contributed by atoms with Gasteiger partial charge >= 0.3 is 0 Å². The van der Waals surface area contributed by atoms with Gasteiger partial charge in [0.1, 0.15) is 5.82 Å². The third-order valence-electron chi connectivity index (χ3n) is 5.00. The lowest BCUT2D eigenvalue weighted by Crippen LogP contribution is -2.17. The van der Waals surface area contributed by atoms with Gasteiger partial charge in [0.15, 0.2) is 0 Å². The maximum absolute atomic E-state index is 12.9. The lowest BCUT2D eigenvalue weighted by atomic mass is 10.2. The number of nitrogens with one attached hydrogen (secondary N) is 1. The summed E-state index contributed by atoms with van der Waals surface area (Å²) in [7, 11) is 4.02. The van der Waals surface area contributed by atoms with E-state index < -0.39 is 0 Å². The minimum atomic E-state index is -0.209. The molecule has 0 fully saturated rings. The lowest BCUT2D eigenvalue weighted by Gasteiger charge is -2.13. The first kappa shape index (κ1) is 19.4. The van der Waals surface area contributed by atoms with E-state index in [1.165, 1.54) is 0 Å². The molecule has 7 heteroatoms. The van der Waals surface area contributed by atoms with Crippen LogP contribution in [0.4, 0.5) is 11.5 Å². The predicted molar refractivity (Wildman–Crippen MR) is 118 cm³/mol. The zero-order valence-electron chi connectivity index (χ0n) is 17.3. The van der Waals surface area contributed by atoms with Crippen molar-refractivity contribution in [1.82, 2.24) is 19.6 Å². The van der Waals surface area contributed by atoms with E-state index in [1.54, 1.807) is 27.8 Å². The second-order valence-electron chi connectivity index (χ2n) is 7.28. The van der Waals surface area contributed by atoms with E-state index >= 15 is 0 Å². The Morgan fingerprint density at radius 2 is 1.73 bits per heavy atom. The molecule has 0 spiro atoms. The SMILES string of the molecule is Cc1c(C(=O)Nc2ccnn2Cc2ccc(N(C)C)cc2)cnn1-c1ccccc1. The van der Waals surface area contributed by atoms with Crippen LogP contribution in [0.1, 0.15) is 21.6 Å². The Balaban J connectivity index is 1.50. The summed E-state index contributed by atoms with van der Waals surface area (Å²) in [4.78, 5) is 14.9. The van der Waals surface area contributed by atoms with Crippen molar-refractivity contribution in [3.63, 3.8) is 0 Å². The van der Waals surface area contributed by atoms with Gasteiger partial charge in [0.05, 0.1) is 35.9 Å². The van der Waals surface area contributed by atoms with Crippen molar-refractivity contribution < 1.29 is 4.79 Å². The van der Waals surface area contributed by atoms with Crippen LogP contribution < -0.4 is 10.2 Å². The Kier molecular flexibility index (Phi) is 5.34. The highest BCUT2D eigenvalue weighted by molar-refractivity contribution is 6.04. The van der Waals surface area contributed by atoms with Crippen LogP contribution in [0.5, 0.6) is 0 Å². The first-order valence-corrected chi connectivity index (χ1v) is 9.72. The molecule has 2 aromatic carbocycles. The third-order valence-corrected chi connectivity index (χ3v) is 5.00. The lowest BCUT2D eigenvalue weighted by molar-refractivity contribution is 0.102. The molecule has 7 nitrogen and oxygen atoms in total. The average Bonchev–Trinajstić information content (AvgIpc) is 3.35. The van der Waals surface area contributed by atoms with Crippen molar-refractivity contribution in [2.75, 3.05) is 24.3 Å². The Labute approximate surface area is 175 Å². The van der Waals surface area contributed by atoms with E-state index in [1.807, 2.05) is 51.4 Å². The zero-order chi connectivity index (χ0) is 21.1.